The summed E-state index contributed by atoms with van der Waals surface area (Å²) >= 11 is 0. The molecule has 0 aliphatic rings. The van der Waals surface area contributed by atoms with Gasteiger partial charge in [-0.2, -0.15) is 13.2 Å². The number of para-hydroxylation sites is 1. The Labute approximate surface area is 134 Å². The van der Waals surface area contributed by atoms with Crippen molar-refractivity contribution < 1.29 is 27.9 Å². The molecule has 0 saturated carbocycles. The molecule has 1 heterocycles. The zero-order valence-corrected chi connectivity index (χ0v) is 12.4. The lowest BCUT2D eigenvalue weighted by molar-refractivity contribution is -0.139. The fourth-order valence-electron chi connectivity index (χ4n) is 1.97. The molecule has 0 fully saturated rings. The molecule has 10 heteroatoms. The summed E-state index contributed by atoms with van der Waals surface area (Å²) in [6, 6.07) is 3.57. The number of alkyl halides is 3. The average molecular weight is 342 g/mol. The van der Waals surface area contributed by atoms with E-state index in [0.29, 0.717) is 0 Å². The van der Waals surface area contributed by atoms with E-state index in [1.807, 2.05) is 0 Å². The molecule has 1 aromatic heterocycles. The van der Waals surface area contributed by atoms with Gasteiger partial charge in [-0.15, -0.1) is 5.10 Å². The Hall–Kier alpha value is -2.91. The Balaban J connectivity index is 2.29. The molecule has 2 aromatic rings. The molecular formula is C14H13F3N4O3. The standard InChI is InChI=1S/C14H13F3N4O3/c1-2-9(13(23)24)18-12(22)10-7-21(20-19-10)11-6-4-3-5-8(11)14(15,16)17/h3-7,9H,2H2,1H3,(H,18,22)(H,23,24). The van der Waals surface area contributed by atoms with Crippen LogP contribution < -0.4 is 5.32 Å². The van der Waals surface area contributed by atoms with Gasteiger partial charge in [-0.25, -0.2) is 9.48 Å². The highest BCUT2D eigenvalue weighted by Crippen LogP contribution is 2.33. The molecule has 0 spiro atoms. The number of carbonyl (C=O) groups is 2. The molecule has 1 aromatic carbocycles. The number of halogens is 3. The van der Waals surface area contributed by atoms with E-state index in [1.165, 1.54) is 18.2 Å². The van der Waals surface area contributed by atoms with Crippen molar-refractivity contribution in [2.75, 3.05) is 0 Å². The van der Waals surface area contributed by atoms with Crippen LogP contribution in [-0.4, -0.2) is 38.0 Å². The van der Waals surface area contributed by atoms with E-state index < -0.39 is 29.7 Å². The third-order valence-electron chi connectivity index (χ3n) is 3.19. The number of aromatic nitrogens is 3. The zero-order chi connectivity index (χ0) is 17.9. The smallest absolute Gasteiger partial charge is 0.418 e. The first-order valence-electron chi connectivity index (χ1n) is 6.86. The molecule has 0 saturated heterocycles. The van der Waals surface area contributed by atoms with Gasteiger partial charge in [-0.1, -0.05) is 24.3 Å². The molecule has 0 aliphatic carbocycles. The zero-order valence-electron chi connectivity index (χ0n) is 12.4. The predicted octanol–water partition coefficient (Wildman–Crippen LogP) is 1.88. The van der Waals surface area contributed by atoms with E-state index in [0.717, 1.165) is 16.9 Å². The first-order chi connectivity index (χ1) is 11.2. The lowest BCUT2D eigenvalue weighted by Gasteiger charge is -2.11. The third kappa shape index (κ3) is 3.70. The summed E-state index contributed by atoms with van der Waals surface area (Å²) in [5, 5.41) is 18.1. The number of amides is 1. The highest BCUT2D eigenvalue weighted by Gasteiger charge is 2.34. The second-order valence-electron chi connectivity index (χ2n) is 4.84. The molecule has 24 heavy (non-hydrogen) atoms. The third-order valence-corrected chi connectivity index (χ3v) is 3.19. The van der Waals surface area contributed by atoms with Gasteiger partial charge in [0.15, 0.2) is 5.69 Å². The van der Waals surface area contributed by atoms with Crippen molar-refractivity contribution in [2.24, 2.45) is 0 Å². The van der Waals surface area contributed by atoms with Gasteiger partial charge in [0.2, 0.25) is 0 Å². The minimum absolute atomic E-state index is 0.145. The van der Waals surface area contributed by atoms with Crippen molar-refractivity contribution in [1.29, 1.82) is 0 Å². The monoisotopic (exact) mass is 342 g/mol. The minimum atomic E-state index is -4.60. The van der Waals surface area contributed by atoms with Crippen molar-refractivity contribution in [3.63, 3.8) is 0 Å². The highest BCUT2D eigenvalue weighted by molar-refractivity contribution is 5.94. The van der Waals surface area contributed by atoms with Crippen molar-refractivity contribution in [3.05, 3.63) is 41.7 Å². The maximum atomic E-state index is 13.0. The number of carbonyl (C=O) groups excluding carboxylic acids is 1. The van der Waals surface area contributed by atoms with Crippen LogP contribution in [0.3, 0.4) is 0 Å². The molecule has 2 rings (SSSR count). The summed E-state index contributed by atoms with van der Waals surface area (Å²) in [6.07, 6.45) is -3.44. The molecule has 2 N–H and O–H groups in total. The molecule has 1 unspecified atom stereocenters. The number of rotatable bonds is 5. The topological polar surface area (TPSA) is 97.1 Å². The van der Waals surface area contributed by atoms with Crippen molar-refractivity contribution in [3.8, 4) is 5.69 Å². The van der Waals surface area contributed by atoms with Crippen LogP contribution in [-0.2, 0) is 11.0 Å². The molecule has 0 aliphatic heterocycles. The summed E-state index contributed by atoms with van der Waals surface area (Å²) < 4.78 is 39.8. The second-order valence-corrected chi connectivity index (χ2v) is 4.84. The van der Waals surface area contributed by atoms with Gasteiger partial charge in [0, 0.05) is 0 Å². The number of nitrogens with one attached hydrogen (secondary N) is 1. The number of carboxylic acids is 1. The lowest BCUT2D eigenvalue weighted by atomic mass is 10.1. The van der Waals surface area contributed by atoms with Gasteiger partial charge in [-0.05, 0) is 18.6 Å². The molecule has 0 bridgehead atoms. The van der Waals surface area contributed by atoms with Crippen LogP contribution in [0.2, 0.25) is 0 Å². The predicted molar refractivity (Wildman–Crippen MR) is 75.5 cm³/mol. The summed E-state index contributed by atoms with van der Waals surface area (Å²) in [7, 11) is 0. The second kappa shape index (κ2) is 6.69. The maximum Gasteiger partial charge on any atom is 0.418 e. The Morgan fingerprint density at radius 1 is 1.33 bits per heavy atom. The number of hydrogen-bond acceptors (Lipinski definition) is 4. The van der Waals surface area contributed by atoms with Crippen molar-refractivity contribution in [2.45, 2.75) is 25.6 Å². The van der Waals surface area contributed by atoms with Crippen molar-refractivity contribution >= 4 is 11.9 Å². The van der Waals surface area contributed by atoms with Crippen LogP contribution in [0, 0.1) is 0 Å². The molecule has 128 valence electrons. The van der Waals surface area contributed by atoms with Crippen LogP contribution in [0.4, 0.5) is 13.2 Å². The number of nitrogens with zero attached hydrogens (tertiary/aromatic N) is 3. The Morgan fingerprint density at radius 3 is 2.58 bits per heavy atom. The number of benzene rings is 1. The van der Waals surface area contributed by atoms with Crippen molar-refractivity contribution in [1.82, 2.24) is 20.3 Å². The molecule has 0 radical (unpaired) electrons. The SMILES string of the molecule is CCC(NC(=O)c1cn(-c2ccccc2C(F)(F)F)nn1)C(=O)O. The quantitative estimate of drug-likeness (QED) is 0.865. The first-order valence-corrected chi connectivity index (χ1v) is 6.86. The van der Waals surface area contributed by atoms with Gasteiger partial charge < -0.3 is 10.4 Å². The summed E-state index contributed by atoms with van der Waals surface area (Å²) in [6.45, 7) is 1.56. The van der Waals surface area contributed by atoms with E-state index in [-0.39, 0.29) is 17.8 Å². The highest BCUT2D eigenvalue weighted by atomic mass is 19.4. The van der Waals surface area contributed by atoms with E-state index in [2.05, 4.69) is 15.6 Å². The van der Waals surface area contributed by atoms with E-state index in [9.17, 15) is 22.8 Å². The minimum Gasteiger partial charge on any atom is -0.480 e. The van der Waals surface area contributed by atoms with Gasteiger partial charge >= 0.3 is 12.1 Å². The fraction of sp³-hybridized carbons (Fsp3) is 0.286. The van der Waals surface area contributed by atoms with Gasteiger partial charge in [0.1, 0.15) is 6.04 Å². The van der Waals surface area contributed by atoms with Crippen LogP contribution >= 0.6 is 0 Å². The fourth-order valence-corrected chi connectivity index (χ4v) is 1.97. The number of carboxylic acid groups (broad SMARTS) is 1. The van der Waals surface area contributed by atoms with Crippen LogP contribution in [0.5, 0.6) is 0 Å². The van der Waals surface area contributed by atoms with Crippen LogP contribution in [0.1, 0.15) is 29.4 Å². The molecule has 1 atom stereocenters. The summed E-state index contributed by atoms with van der Waals surface area (Å²) in [5.41, 5.74) is -1.51. The maximum absolute atomic E-state index is 13.0. The van der Waals surface area contributed by atoms with E-state index >= 15 is 0 Å². The number of hydrogen-bond donors (Lipinski definition) is 2. The van der Waals surface area contributed by atoms with E-state index in [4.69, 9.17) is 5.11 Å². The van der Waals surface area contributed by atoms with Crippen LogP contribution in [0.15, 0.2) is 30.5 Å². The Bertz CT molecular complexity index is 758. The Kier molecular flexibility index (Phi) is 4.86. The lowest BCUT2D eigenvalue weighted by Crippen LogP contribution is -2.40. The van der Waals surface area contributed by atoms with Gasteiger partial charge in [0.25, 0.3) is 5.91 Å². The Morgan fingerprint density at radius 2 is 2.00 bits per heavy atom. The normalized spacial score (nSPS) is 12.7. The van der Waals surface area contributed by atoms with E-state index in [1.54, 1.807) is 6.92 Å². The molecular weight excluding hydrogens is 329 g/mol. The summed E-state index contributed by atoms with van der Waals surface area (Å²) in [5.74, 6) is -2.05. The molecule has 7 nitrogen and oxygen atoms in total. The summed E-state index contributed by atoms with van der Waals surface area (Å²) in [4.78, 5) is 22.8. The van der Waals surface area contributed by atoms with Gasteiger partial charge in [-0.3, -0.25) is 4.79 Å². The number of aliphatic carboxylic acids is 1. The van der Waals surface area contributed by atoms with Gasteiger partial charge in [0.05, 0.1) is 17.4 Å². The first kappa shape index (κ1) is 17.4. The largest absolute Gasteiger partial charge is 0.480 e. The van der Waals surface area contributed by atoms with Crippen LogP contribution in [0.25, 0.3) is 5.69 Å². The molecule has 1 amide bonds. The average Bonchev–Trinajstić information content (AvgIpc) is 3.01.